The summed E-state index contributed by atoms with van der Waals surface area (Å²) in [4.78, 5) is 40.0. The predicted molar refractivity (Wildman–Crippen MR) is 102 cm³/mol. The number of ether oxygens (including phenoxy) is 1. The maximum absolute atomic E-state index is 12.8. The van der Waals surface area contributed by atoms with Crippen molar-refractivity contribution in [1.29, 1.82) is 0 Å². The number of fused-ring (bicyclic) bond motifs is 1. The number of hydrogen-bond acceptors (Lipinski definition) is 4. The molecular weight excluding hydrogens is 360 g/mol. The van der Waals surface area contributed by atoms with Gasteiger partial charge in [-0.25, -0.2) is 0 Å². The van der Waals surface area contributed by atoms with Crippen LogP contribution >= 0.6 is 0 Å². The molecule has 2 amide bonds. The molecule has 1 aromatic carbocycles. The zero-order valence-corrected chi connectivity index (χ0v) is 15.9. The van der Waals surface area contributed by atoms with Crippen molar-refractivity contribution in [2.45, 2.75) is 38.2 Å². The molecular formula is C21H26N2O5. The third kappa shape index (κ3) is 3.63. The van der Waals surface area contributed by atoms with Crippen LogP contribution in [-0.4, -0.2) is 60.1 Å². The highest BCUT2D eigenvalue weighted by atomic mass is 16.5. The van der Waals surface area contributed by atoms with Crippen LogP contribution in [0.3, 0.4) is 0 Å². The van der Waals surface area contributed by atoms with Crippen LogP contribution in [0.2, 0.25) is 0 Å². The number of rotatable bonds is 4. The van der Waals surface area contributed by atoms with Gasteiger partial charge in [-0.2, -0.15) is 0 Å². The summed E-state index contributed by atoms with van der Waals surface area (Å²) in [5.41, 5.74) is 1.94. The third-order valence-corrected chi connectivity index (χ3v) is 6.29. The molecule has 0 aromatic heterocycles. The Kier molecular flexibility index (Phi) is 5.35. The zero-order valence-electron chi connectivity index (χ0n) is 15.9. The first-order chi connectivity index (χ1) is 13.5. The van der Waals surface area contributed by atoms with Crippen molar-refractivity contribution >= 4 is 23.5 Å². The van der Waals surface area contributed by atoms with Gasteiger partial charge in [0.2, 0.25) is 11.8 Å². The van der Waals surface area contributed by atoms with E-state index in [-0.39, 0.29) is 30.4 Å². The Hall–Kier alpha value is -2.41. The Morgan fingerprint density at radius 1 is 1.11 bits per heavy atom. The molecule has 7 heteroatoms. The van der Waals surface area contributed by atoms with Gasteiger partial charge in [0, 0.05) is 31.8 Å². The molecule has 2 saturated heterocycles. The number of carbonyl (C=O) groups is 3. The summed E-state index contributed by atoms with van der Waals surface area (Å²) >= 11 is 0. The number of likely N-dealkylation sites (tertiary alicyclic amines) is 1. The molecule has 7 nitrogen and oxygen atoms in total. The van der Waals surface area contributed by atoms with E-state index >= 15 is 0 Å². The van der Waals surface area contributed by atoms with E-state index in [2.05, 4.69) is 0 Å². The molecule has 4 rings (SSSR count). The number of carbonyl (C=O) groups excluding carboxylic acids is 2. The number of piperidine rings is 1. The summed E-state index contributed by atoms with van der Waals surface area (Å²) in [5, 5.41) is 9.36. The number of aliphatic carboxylic acids is 1. The Morgan fingerprint density at radius 2 is 1.86 bits per heavy atom. The van der Waals surface area contributed by atoms with E-state index in [1.54, 1.807) is 9.80 Å². The van der Waals surface area contributed by atoms with Gasteiger partial charge in [0.25, 0.3) is 0 Å². The molecule has 3 heterocycles. The molecule has 28 heavy (non-hydrogen) atoms. The second kappa shape index (κ2) is 7.91. The molecule has 3 aliphatic rings. The van der Waals surface area contributed by atoms with Crippen molar-refractivity contribution in [2.24, 2.45) is 11.8 Å². The summed E-state index contributed by atoms with van der Waals surface area (Å²) in [6.07, 6.45) is 2.95. The van der Waals surface area contributed by atoms with Crippen LogP contribution in [0.1, 0.15) is 31.2 Å². The molecule has 1 unspecified atom stereocenters. The molecule has 0 saturated carbocycles. The highest BCUT2D eigenvalue weighted by Gasteiger charge is 2.41. The Morgan fingerprint density at radius 3 is 2.61 bits per heavy atom. The van der Waals surface area contributed by atoms with Crippen molar-refractivity contribution in [2.75, 3.05) is 31.1 Å². The lowest BCUT2D eigenvalue weighted by Crippen LogP contribution is -2.48. The number of para-hydroxylation sites is 1. The summed E-state index contributed by atoms with van der Waals surface area (Å²) in [5.74, 6) is -1.11. The van der Waals surface area contributed by atoms with E-state index < -0.39 is 11.9 Å². The van der Waals surface area contributed by atoms with Gasteiger partial charge in [-0.1, -0.05) is 18.2 Å². The van der Waals surface area contributed by atoms with E-state index in [0.29, 0.717) is 32.5 Å². The first-order valence-electron chi connectivity index (χ1n) is 10.0. The SMILES string of the molecule is O=C(O)C1CCO[C@H]1C1CCN(C(=O)CN2C(=O)CCc3ccccc32)CC1. The van der Waals surface area contributed by atoms with Gasteiger partial charge in [0.1, 0.15) is 6.54 Å². The maximum atomic E-state index is 12.8. The second-order valence-electron chi connectivity index (χ2n) is 7.90. The van der Waals surface area contributed by atoms with Gasteiger partial charge in [-0.3, -0.25) is 14.4 Å². The number of hydrogen-bond donors (Lipinski definition) is 1. The molecule has 0 bridgehead atoms. The van der Waals surface area contributed by atoms with Crippen LogP contribution in [0.25, 0.3) is 0 Å². The van der Waals surface area contributed by atoms with E-state index in [9.17, 15) is 19.5 Å². The van der Waals surface area contributed by atoms with Crippen LogP contribution < -0.4 is 4.90 Å². The number of anilines is 1. The number of carboxylic acids is 1. The predicted octanol–water partition coefficient (Wildman–Crippen LogP) is 1.69. The van der Waals surface area contributed by atoms with E-state index in [1.165, 1.54) is 0 Å². The summed E-state index contributed by atoms with van der Waals surface area (Å²) in [6, 6.07) is 7.75. The van der Waals surface area contributed by atoms with Crippen LogP contribution in [0.5, 0.6) is 0 Å². The lowest BCUT2D eigenvalue weighted by Gasteiger charge is -2.37. The molecule has 3 aliphatic heterocycles. The summed E-state index contributed by atoms with van der Waals surface area (Å²) < 4.78 is 5.70. The normalized spacial score (nSPS) is 25.6. The van der Waals surface area contributed by atoms with Gasteiger partial charge >= 0.3 is 5.97 Å². The Labute approximate surface area is 164 Å². The Balaban J connectivity index is 1.36. The standard InChI is InChI=1S/C21H26N2O5/c24-18-6-5-14-3-1-2-4-17(14)23(18)13-19(25)22-10-7-15(8-11-22)20-16(21(26)27)9-12-28-20/h1-4,15-16,20H,5-13H2,(H,26,27)/t16?,20-/m0/s1. The monoisotopic (exact) mass is 386 g/mol. The first kappa shape index (κ1) is 18.9. The van der Waals surface area contributed by atoms with Gasteiger partial charge in [0.15, 0.2) is 0 Å². The minimum atomic E-state index is -0.789. The number of aryl methyl sites for hydroxylation is 1. The molecule has 0 aliphatic carbocycles. The number of nitrogens with zero attached hydrogens (tertiary/aromatic N) is 2. The molecule has 2 atom stereocenters. The molecule has 150 valence electrons. The zero-order chi connectivity index (χ0) is 19.7. The smallest absolute Gasteiger partial charge is 0.309 e. The van der Waals surface area contributed by atoms with E-state index in [4.69, 9.17) is 4.74 Å². The molecule has 1 N–H and O–H groups in total. The van der Waals surface area contributed by atoms with E-state index in [0.717, 1.165) is 30.5 Å². The maximum Gasteiger partial charge on any atom is 0.309 e. The minimum Gasteiger partial charge on any atom is -0.481 e. The van der Waals surface area contributed by atoms with Gasteiger partial charge in [-0.05, 0) is 43.2 Å². The van der Waals surface area contributed by atoms with Crippen molar-refractivity contribution in [3.63, 3.8) is 0 Å². The minimum absolute atomic E-state index is 0.00871. The molecule has 0 radical (unpaired) electrons. The Bertz CT molecular complexity index is 772. The van der Waals surface area contributed by atoms with Crippen molar-refractivity contribution < 1.29 is 24.2 Å². The molecule has 0 spiro atoms. The largest absolute Gasteiger partial charge is 0.481 e. The molecule has 2 fully saturated rings. The van der Waals surface area contributed by atoms with Crippen molar-refractivity contribution in [3.05, 3.63) is 29.8 Å². The van der Waals surface area contributed by atoms with E-state index in [1.807, 2.05) is 24.3 Å². The van der Waals surface area contributed by atoms with Gasteiger partial charge < -0.3 is 19.6 Å². The van der Waals surface area contributed by atoms with Crippen LogP contribution in [0.4, 0.5) is 5.69 Å². The first-order valence-corrected chi connectivity index (χ1v) is 10.0. The second-order valence-corrected chi connectivity index (χ2v) is 7.90. The average Bonchev–Trinajstić information content (AvgIpc) is 3.20. The fourth-order valence-corrected chi connectivity index (χ4v) is 4.72. The quantitative estimate of drug-likeness (QED) is 0.851. The lowest BCUT2D eigenvalue weighted by molar-refractivity contribution is -0.145. The van der Waals surface area contributed by atoms with Crippen LogP contribution in [0, 0.1) is 11.8 Å². The molecule has 1 aromatic rings. The highest BCUT2D eigenvalue weighted by Crippen LogP contribution is 2.33. The van der Waals surface area contributed by atoms with Crippen LogP contribution in [0.15, 0.2) is 24.3 Å². The van der Waals surface area contributed by atoms with Crippen LogP contribution in [-0.2, 0) is 25.5 Å². The summed E-state index contributed by atoms with van der Waals surface area (Å²) in [6.45, 7) is 1.73. The third-order valence-electron chi connectivity index (χ3n) is 6.29. The topological polar surface area (TPSA) is 87.2 Å². The van der Waals surface area contributed by atoms with Crippen molar-refractivity contribution in [1.82, 2.24) is 4.90 Å². The highest BCUT2D eigenvalue weighted by molar-refractivity contribution is 6.01. The number of amides is 2. The summed E-state index contributed by atoms with van der Waals surface area (Å²) in [7, 11) is 0. The number of carboxylic acid groups (broad SMARTS) is 1. The van der Waals surface area contributed by atoms with Gasteiger partial charge in [-0.15, -0.1) is 0 Å². The fraction of sp³-hybridized carbons (Fsp3) is 0.571. The fourth-order valence-electron chi connectivity index (χ4n) is 4.72. The number of benzene rings is 1. The van der Waals surface area contributed by atoms with Crippen molar-refractivity contribution in [3.8, 4) is 0 Å². The van der Waals surface area contributed by atoms with Gasteiger partial charge in [0.05, 0.1) is 12.0 Å². The average molecular weight is 386 g/mol. The lowest BCUT2D eigenvalue weighted by atomic mass is 9.84.